The fourth-order valence-electron chi connectivity index (χ4n) is 2.71. The molecule has 4 heterocycles. The lowest BCUT2D eigenvalue weighted by Gasteiger charge is -2.23. The first kappa shape index (κ1) is 15.3. The van der Waals surface area contributed by atoms with Gasteiger partial charge in [0.15, 0.2) is 0 Å². The highest BCUT2D eigenvalue weighted by molar-refractivity contribution is 4.88. The van der Waals surface area contributed by atoms with Gasteiger partial charge in [-0.3, -0.25) is 0 Å². The summed E-state index contributed by atoms with van der Waals surface area (Å²) in [6.07, 6.45) is 21.7. The molecule has 0 saturated heterocycles. The molecular weight excluding hydrogens is 320 g/mol. The number of hydrogen-bond donors (Lipinski definition) is 0. The molecule has 0 aromatic carbocycles. The van der Waals surface area contributed by atoms with Crippen molar-refractivity contribution < 1.29 is 4.74 Å². The monoisotopic (exact) mass is 338 g/mol. The van der Waals surface area contributed by atoms with Crippen molar-refractivity contribution in [3.8, 4) is 0 Å². The summed E-state index contributed by atoms with van der Waals surface area (Å²) in [6, 6.07) is 0. The zero-order valence-corrected chi connectivity index (χ0v) is 13.5. The molecule has 4 aromatic rings. The first-order chi connectivity index (χ1) is 12.4. The molecule has 4 rings (SSSR count). The summed E-state index contributed by atoms with van der Waals surface area (Å²) < 4.78 is 14.0. The van der Waals surface area contributed by atoms with Gasteiger partial charge < -0.3 is 23.0 Å². The first-order valence-corrected chi connectivity index (χ1v) is 7.89. The van der Waals surface area contributed by atoms with Gasteiger partial charge in [0, 0.05) is 49.6 Å². The van der Waals surface area contributed by atoms with Crippen molar-refractivity contribution in [2.45, 2.75) is 12.3 Å². The predicted octanol–water partition coefficient (Wildman–Crippen LogP) is 1.28. The second-order valence-electron chi connectivity index (χ2n) is 5.54. The molecule has 0 saturated carbocycles. The van der Waals surface area contributed by atoms with Gasteiger partial charge in [-0.15, -0.1) is 0 Å². The number of rotatable bonds is 8. The van der Waals surface area contributed by atoms with Crippen LogP contribution in [-0.4, -0.2) is 51.4 Å². The Balaban J connectivity index is 1.47. The smallest absolute Gasteiger partial charge is 0.135 e. The average Bonchev–Trinajstić information content (AvgIpc) is 3.44. The lowest BCUT2D eigenvalue weighted by atomic mass is 10.4. The van der Waals surface area contributed by atoms with Crippen molar-refractivity contribution in [2.75, 3.05) is 13.2 Å². The Morgan fingerprint density at radius 2 is 0.880 bits per heavy atom. The molecule has 0 bridgehead atoms. The summed E-state index contributed by atoms with van der Waals surface area (Å²) in [5.74, 6) is 0. The summed E-state index contributed by atoms with van der Waals surface area (Å²) in [6.45, 7) is 0.958. The van der Waals surface area contributed by atoms with Gasteiger partial charge in [0.1, 0.15) is 12.3 Å². The third-order valence-corrected chi connectivity index (χ3v) is 4.01. The largest absolute Gasteiger partial charge is 0.373 e. The van der Waals surface area contributed by atoms with Crippen LogP contribution in [0.1, 0.15) is 12.3 Å². The van der Waals surface area contributed by atoms with Crippen LogP contribution in [-0.2, 0) is 4.74 Å². The summed E-state index contributed by atoms with van der Waals surface area (Å²) in [4.78, 5) is 16.5. The topological polar surface area (TPSA) is 80.5 Å². The van der Waals surface area contributed by atoms with Gasteiger partial charge in [0.25, 0.3) is 0 Å². The molecule has 0 atom stereocenters. The maximum absolute atomic E-state index is 6.06. The standard InChI is InChI=1S/C16H18N8O/c1-5-21(11-17-1)15(22-6-2-18-12-22)9-25-10-16(23-7-3-19-13-23)24-8-4-20-14-24/h1-8,11-16H,9-10H2. The highest BCUT2D eigenvalue weighted by Gasteiger charge is 2.16. The van der Waals surface area contributed by atoms with Crippen LogP contribution in [0.5, 0.6) is 0 Å². The van der Waals surface area contributed by atoms with E-state index in [0.717, 1.165) is 0 Å². The molecule has 0 aliphatic heterocycles. The summed E-state index contributed by atoms with van der Waals surface area (Å²) in [5, 5.41) is 0. The van der Waals surface area contributed by atoms with Crippen LogP contribution in [0.2, 0.25) is 0 Å². The highest BCUT2D eigenvalue weighted by atomic mass is 16.5. The lowest BCUT2D eigenvalue weighted by molar-refractivity contribution is 0.0615. The fourth-order valence-corrected chi connectivity index (χ4v) is 2.71. The highest BCUT2D eigenvalue weighted by Crippen LogP contribution is 2.14. The summed E-state index contributed by atoms with van der Waals surface area (Å²) >= 11 is 0. The van der Waals surface area contributed by atoms with Gasteiger partial charge in [0.05, 0.1) is 38.5 Å². The van der Waals surface area contributed by atoms with Crippen LogP contribution >= 0.6 is 0 Å². The zero-order valence-electron chi connectivity index (χ0n) is 13.5. The van der Waals surface area contributed by atoms with Crippen LogP contribution in [0.3, 0.4) is 0 Å². The molecule has 0 spiro atoms. The van der Waals surface area contributed by atoms with Crippen molar-refractivity contribution in [1.82, 2.24) is 38.2 Å². The maximum atomic E-state index is 6.06. The van der Waals surface area contributed by atoms with Crippen LogP contribution in [0.15, 0.2) is 74.9 Å². The van der Waals surface area contributed by atoms with Crippen molar-refractivity contribution in [1.29, 1.82) is 0 Å². The Morgan fingerprint density at radius 1 is 0.560 bits per heavy atom. The Kier molecular flexibility index (Phi) is 4.38. The number of ether oxygens (including phenoxy) is 1. The van der Waals surface area contributed by atoms with E-state index in [0.29, 0.717) is 13.2 Å². The SMILES string of the molecule is c1cn(C(COCC(n2ccnc2)n2ccnc2)n2ccnc2)cn1. The van der Waals surface area contributed by atoms with Crippen molar-refractivity contribution in [3.63, 3.8) is 0 Å². The van der Waals surface area contributed by atoms with Gasteiger partial charge in [-0.25, -0.2) is 19.9 Å². The van der Waals surface area contributed by atoms with Gasteiger partial charge >= 0.3 is 0 Å². The first-order valence-electron chi connectivity index (χ1n) is 7.89. The van der Waals surface area contributed by atoms with Crippen LogP contribution in [0, 0.1) is 0 Å². The zero-order chi connectivity index (χ0) is 16.9. The Bertz CT molecular complexity index is 695. The van der Waals surface area contributed by atoms with E-state index in [2.05, 4.69) is 19.9 Å². The molecule has 128 valence electrons. The van der Waals surface area contributed by atoms with Crippen molar-refractivity contribution in [3.05, 3.63) is 74.9 Å². The molecule has 9 nitrogen and oxygen atoms in total. The molecule has 0 radical (unpaired) electrons. The van der Waals surface area contributed by atoms with Crippen molar-refractivity contribution in [2.24, 2.45) is 0 Å². The lowest BCUT2D eigenvalue weighted by Crippen LogP contribution is -2.26. The Morgan fingerprint density at radius 3 is 1.12 bits per heavy atom. The van der Waals surface area contributed by atoms with E-state index in [9.17, 15) is 0 Å². The minimum atomic E-state index is -0.0452. The molecule has 0 aliphatic carbocycles. The summed E-state index contributed by atoms with van der Waals surface area (Å²) in [5.41, 5.74) is 0. The summed E-state index contributed by atoms with van der Waals surface area (Å²) in [7, 11) is 0. The van der Waals surface area contributed by atoms with Crippen LogP contribution < -0.4 is 0 Å². The van der Waals surface area contributed by atoms with E-state index in [-0.39, 0.29) is 12.3 Å². The second kappa shape index (κ2) is 7.14. The van der Waals surface area contributed by atoms with Crippen LogP contribution in [0.4, 0.5) is 0 Å². The van der Waals surface area contributed by atoms with Gasteiger partial charge in [-0.05, 0) is 0 Å². The predicted molar refractivity (Wildman–Crippen MR) is 88.6 cm³/mol. The van der Waals surface area contributed by atoms with Crippen molar-refractivity contribution >= 4 is 0 Å². The van der Waals surface area contributed by atoms with E-state index in [1.807, 2.05) is 43.1 Å². The van der Waals surface area contributed by atoms with Crippen LogP contribution in [0.25, 0.3) is 0 Å². The van der Waals surface area contributed by atoms with E-state index in [1.165, 1.54) is 0 Å². The van der Waals surface area contributed by atoms with Gasteiger partial charge in [-0.1, -0.05) is 0 Å². The van der Waals surface area contributed by atoms with E-state index >= 15 is 0 Å². The Hall–Kier alpha value is -3.20. The molecule has 0 N–H and O–H groups in total. The Labute approximate surface area is 144 Å². The quantitative estimate of drug-likeness (QED) is 0.483. The minimum Gasteiger partial charge on any atom is -0.373 e. The van der Waals surface area contributed by atoms with E-state index in [4.69, 9.17) is 4.74 Å². The normalized spacial score (nSPS) is 11.6. The fraction of sp³-hybridized carbons (Fsp3) is 0.250. The maximum Gasteiger partial charge on any atom is 0.135 e. The molecule has 0 fully saturated rings. The van der Waals surface area contributed by atoms with Gasteiger partial charge in [-0.2, -0.15) is 0 Å². The molecule has 0 aliphatic rings. The molecular formula is C16H18N8O. The number of aromatic nitrogens is 8. The third-order valence-electron chi connectivity index (χ3n) is 4.01. The molecule has 4 aromatic heterocycles. The van der Waals surface area contributed by atoms with E-state index < -0.39 is 0 Å². The number of nitrogens with zero attached hydrogens (tertiary/aromatic N) is 8. The molecule has 0 amide bonds. The van der Waals surface area contributed by atoms with Gasteiger partial charge in [0.2, 0.25) is 0 Å². The molecule has 9 heteroatoms. The average molecular weight is 338 g/mol. The molecule has 0 unspecified atom stereocenters. The number of imidazole rings is 4. The molecule has 25 heavy (non-hydrogen) atoms. The number of hydrogen-bond acceptors (Lipinski definition) is 5. The minimum absolute atomic E-state index is 0.0452. The third kappa shape index (κ3) is 3.36. The second-order valence-corrected chi connectivity index (χ2v) is 5.54. The van der Waals surface area contributed by atoms with E-state index in [1.54, 1.807) is 50.1 Å².